The Morgan fingerprint density at radius 2 is 1.50 bits per heavy atom. The van der Waals surface area contributed by atoms with E-state index in [1.54, 1.807) is 0 Å². The van der Waals surface area contributed by atoms with Gasteiger partial charge in [-0.1, -0.05) is 34.8 Å². The van der Waals surface area contributed by atoms with Gasteiger partial charge in [0.2, 0.25) is 0 Å². The maximum absolute atomic E-state index is 9.62. The maximum Gasteiger partial charge on any atom is 0.356 e. The Hall–Kier alpha value is 0.859. The summed E-state index contributed by atoms with van der Waals surface area (Å²) < 4.78 is -2.17. The Kier molecular flexibility index (Phi) is 5.53. The second-order valence-electron chi connectivity index (χ2n) is 0.803. The molecule has 0 aliphatic carbocycles. The third-order valence-electron chi connectivity index (χ3n) is 0.243. The minimum absolute atomic E-state index is 0. The van der Waals surface area contributed by atoms with Crippen LogP contribution in [0.3, 0.4) is 0 Å². The van der Waals surface area contributed by atoms with Crippen LogP contribution >= 0.6 is 34.8 Å². The van der Waals surface area contributed by atoms with Gasteiger partial charge in [-0.2, -0.15) is 0 Å². The van der Waals surface area contributed by atoms with Gasteiger partial charge in [-0.15, -0.1) is 0 Å². The van der Waals surface area contributed by atoms with E-state index in [1.165, 1.54) is 0 Å². The molecule has 0 rings (SSSR count). The van der Waals surface area contributed by atoms with E-state index in [4.69, 9.17) is 39.9 Å². The molecule has 0 aliphatic rings. The van der Waals surface area contributed by atoms with Crippen molar-refractivity contribution >= 4 is 40.8 Å². The number of aliphatic carboxylic acids is 1. The first kappa shape index (κ1) is 11.6. The predicted molar refractivity (Wildman–Crippen MR) is 27.9 cm³/mol. The van der Waals surface area contributed by atoms with Crippen molar-refractivity contribution < 1.29 is 27.0 Å². The van der Waals surface area contributed by atoms with Crippen molar-refractivity contribution in [3.8, 4) is 0 Å². The molecular formula is C2HCl3CuO2. The standard InChI is InChI=1S/C2HCl3O2.Cu/c3-2(4,5)1(6)7;/h(H,6,7);. The molecule has 2 nitrogen and oxygen atoms in total. The molecule has 0 saturated heterocycles. The van der Waals surface area contributed by atoms with Crippen molar-refractivity contribution in [1.82, 2.24) is 0 Å². The minimum Gasteiger partial charge on any atom is -0.478 e. The molecule has 0 amide bonds. The Morgan fingerprint density at radius 1 is 1.38 bits per heavy atom. The van der Waals surface area contributed by atoms with Crippen LogP contribution in [-0.4, -0.2) is 14.9 Å². The summed E-state index contributed by atoms with van der Waals surface area (Å²) in [5.41, 5.74) is 0. The van der Waals surface area contributed by atoms with E-state index in [1.807, 2.05) is 0 Å². The van der Waals surface area contributed by atoms with E-state index in [-0.39, 0.29) is 17.1 Å². The average Bonchev–Trinajstić information content (AvgIpc) is 1.31. The summed E-state index contributed by atoms with van der Waals surface area (Å²) in [5.74, 6) is -1.46. The molecule has 0 aromatic rings. The van der Waals surface area contributed by atoms with E-state index in [0.29, 0.717) is 0 Å². The second-order valence-corrected chi connectivity index (χ2v) is 3.08. The van der Waals surface area contributed by atoms with Crippen LogP contribution in [-0.2, 0) is 21.9 Å². The summed E-state index contributed by atoms with van der Waals surface area (Å²) in [6, 6.07) is 0. The number of carboxylic acid groups (broad SMARTS) is 1. The molecule has 0 saturated carbocycles. The molecule has 0 atom stereocenters. The number of carbonyl (C=O) groups is 1. The Morgan fingerprint density at radius 3 is 1.50 bits per heavy atom. The molecule has 0 spiro atoms. The van der Waals surface area contributed by atoms with Crippen molar-refractivity contribution in [3.05, 3.63) is 0 Å². The van der Waals surface area contributed by atoms with Crippen molar-refractivity contribution in [1.29, 1.82) is 0 Å². The van der Waals surface area contributed by atoms with Crippen molar-refractivity contribution in [3.63, 3.8) is 0 Å². The topological polar surface area (TPSA) is 37.3 Å². The quantitative estimate of drug-likeness (QED) is 0.502. The van der Waals surface area contributed by atoms with E-state index in [9.17, 15) is 4.79 Å². The summed E-state index contributed by atoms with van der Waals surface area (Å²) in [7, 11) is 0. The van der Waals surface area contributed by atoms with E-state index in [2.05, 4.69) is 0 Å². The van der Waals surface area contributed by atoms with Gasteiger partial charge in [0.25, 0.3) is 3.79 Å². The van der Waals surface area contributed by atoms with Crippen LogP contribution in [0.15, 0.2) is 0 Å². The summed E-state index contributed by atoms with van der Waals surface area (Å²) >= 11 is 14.4. The molecule has 1 N–H and O–H groups in total. The zero-order valence-electron chi connectivity index (χ0n) is 3.29. The third-order valence-corrected chi connectivity index (χ3v) is 0.728. The van der Waals surface area contributed by atoms with Gasteiger partial charge in [-0.3, -0.25) is 0 Å². The Labute approximate surface area is 71.6 Å². The van der Waals surface area contributed by atoms with Crippen molar-refractivity contribution in [2.75, 3.05) is 0 Å². The van der Waals surface area contributed by atoms with Gasteiger partial charge in [-0.25, -0.2) is 4.79 Å². The fraction of sp³-hybridized carbons (Fsp3) is 0.500. The molecule has 0 heterocycles. The number of halogens is 3. The fourth-order valence-corrected chi connectivity index (χ4v) is 0. The van der Waals surface area contributed by atoms with Crippen LogP contribution in [0, 0.1) is 0 Å². The normalized spacial score (nSPS) is 9.88. The van der Waals surface area contributed by atoms with Crippen LogP contribution in [0.4, 0.5) is 0 Å². The van der Waals surface area contributed by atoms with E-state index < -0.39 is 9.76 Å². The average molecular weight is 227 g/mol. The van der Waals surface area contributed by atoms with Gasteiger partial charge < -0.3 is 5.11 Å². The van der Waals surface area contributed by atoms with Gasteiger partial charge >= 0.3 is 5.97 Å². The van der Waals surface area contributed by atoms with Gasteiger partial charge in [0.05, 0.1) is 0 Å². The Bertz CT molecular complexity index is 87.8. The monoisotopic (exact) mass is 225 g/mol. The SMILES string of the molecule is O=C(O)C(Cl)(Cl)Cl.[Cu]. The molecule has 0 aromatic carbocycles. The molecule has 53 valence electrons. The van der Waals surface area contributed by atoms with Crippen molar-refractivity contribution in [2.24, 2.45) is 0 Å². The Balaban J connectivity index is 0. The van der Waals surface area contributed by atoms with Crippen LogP contribution in [0.25, 0.3) is 0 Å². The molecule has 0 unspecified atom stereocenters. The molecular weight excluding hydrogens is 226 g/mol. The number of hydrogen-bond donors (Lipinski definition) is 1. The molecule has 0 bridgehead atoms. The molecule has 0 aliphatic heterocycles. The van der Waals surface area contributed by atoms with Crippen LogP contribution < -0.4 is 0 Å². The predicted octanol–water partition coefficient (Wildman–Crippen LogP) is 1.44. The first-order chi connectivity index (χ1) is 2.94. The molecule has 0 fully saturated rings. The van der Waals surface area contributed by atoms with Crippen LogP contribution in [0.1, 0.15) is 0 Å². The maximum atomic E-state index is 9.62. The van der Waals surface area contributed by atoms with E-state index in [0.717, 1.165) is 0 Å². The van der Waals surface area contributed by atoms with Crippen LogP contribution in [0.2, 0.25) is 0 Å². The first-order valence-corrected chi connectivity index (χ1v) is 2.38. The fourth-order valence-electron chi connectivity index (χ4n) is 0. The molecule has 0 aromatic heterocycles. The number of carboxylic acids is 1. The molecule has 1 radical (unpaired) electrons. The summed E-state index contributed by atoms with van der Waals surface area (Å²) in [6.45, 7) is 0. The zero-order chi connectivity index (χ0) is 6.08. The third kappa shape index (κ3) is 5.01. The van der Waals surface area contributed by atoms with Crippen LogP contribution in [0.5, 0.6) is 0 Å². The largest absolute Gasteiger partial charge is 0.478 e. The number of hydrogen-bond acceptors (Lipinski definition) is 1. The molecule has 8 heavy (non-hydrogen) atoms. The van der Waals surface area contributed by atoms with Gasteiger partial charge in [-0.05, 0) is 0 Å². The van der Waals surface area contributed by atoms with Gasteiger partial charge in [0, 0.05) is 17.1 Å². The summed E-state index contributed by atoms with van der Waals surface area (Å²) in [6.07, 6.45) is 0. The van der Waals surface area contributed by atoms with Gasteiger partial charge in [0.1, 0.15) is 0 Å². The number of alkyl halides is 3. The minimum atomic E-state index is -2.17. The first-order valence-electron chi connectivity index (χ1n) is 1.24. The second kappa shape index (κ2) is 3.80. The summed E-state index contributed by atoms with van der Waals surface area (Å²) in [5, 5.41) is 7.85. The molecule has 6 heteroatoms. The smallest absolute Gasteiger partial charge is 0.356 e. The zero-order valence-corrected chi connectivity index (χ0v) is 6.50. The van der Waals surface area contributed by atoms with E-state index >= 15 is 0 Å². The van der Waals surface area contributed by atoms with Crippen molar-refractivity contribution in [2.45, 2.75) is 3.79 Å². The van der Waals surface area contributed by atoms with Gasteiger partial charge in [0.15, 0.2) is 0 Å². The number of rotatable bonds is 0. The summed E-state index contributed by atoms with van der Waals surface area (Å²) in [4.78, 5) is 9.62.